The minimum Gasteiger partial charge on any atom is -0.306 e. The molecule has 3 rings (SSSR count). The van der Waals surface area contributed by atoms with E-state index in [4.69, 9.17) is 0 Å². The summed E-state index contributed by atoms with van der Waals surface area (Å²) in [5, 5.41) is 0. The Kier molecular flexibility index (Phi) is 2.75. The summed E-state index contributed by atoms with van der Waals surface area (Å²) >= 11 is 1.66. The minimum absolute atomic E-state index is 0.0627. The van der Waals surface area contributed by atoms with Gasteiger partial charge in [-0.2, -0.15) is 0 Å². The number of fused-ring (bicyclic) bond motifs is 1. The van der Waals surface area contributed by atoms with Crippen molar-refractivity contribution in [1.82, 2.24) is 14.3 Å². The molecule has 0 bridgehead atoms. The maximum Gasteiger partial charge on any atom is 0.326 e. The second-order valence-electron chi connectivity index (χ2n) is 5.01. The first-order chi connectivity index (χ1) is 8.63. The Morgan fingerprint density at radius 2 is 2.28 bits per heavy atom. The van der Waals surface area contributed by atoms with Crippen LogP contribution in [0.2, 0.25) is 0 Å². The zero-order valence-electron chi connectivity index (χ0n) is 10.6. The van der Waals surface area contributed by atoms with Crippen molar-refractivity contribution >= 4 is 23.0 Å². The molecule has 2 N–H and O–H groups in total. The quantitative estimate of drug-likeness (QED) is 0.833. The molecule has 1 saturated carbocycles. The average molecular weight is 263 g/mol. The van der Waals surface area contributed by atoms with Crippen LogP contribution in [0.15, 0.2) is 27.9 Å². The average Bonchev–Trinajstić information content (AvgIpc) is 3.11. The van der Waals surface area contributed by atoms with Crippen LogP contribution in [-0.4, -0.2) is 15.1 Å². The second-order valence-corrected chi connectivity index (χ2v) is 5.89. The molecule has 4 nitrogen and oxygen atoms in total. The van der Waals surface area contributed by atoms with Gasteiger partial charge in [0.25, 0.3) is 0 Å². The molecule has 0 saturated heterocycles. The Morgan fingerprint density at radius 1 is 1.50 bits per heavy atom. The minimum atomic E-state index is -0.0627. The number of rotatable bonds is 4. The summed E-state index contributed by atoms with van der Waals surface area (Å²) in [5.74, 6) is 0. The lowest BCUT2D eigenvalue weighted by molar-refractivity contribution is 0.605. The third-order valence-electron chi connectivity index (χ3n) is 3.79. The van der Waals surface area contributed by atoms with E-state index in [-0.39, 0.29) is 5.69 Å². The highest BCUT2D eigenvalue weighted by Crippen LogP contribution is 2.41. The molecule has 0 atom stereocenters. The largest absolute Gasteiger partial charge is 0.326 e. The zero-order valence-corrected chi connectivity index (χ0v) is 11.4. The Hall–Kier alpha value is -1.20. The van der Waals surface area contributed by atoms with Gasteiger partial charge >= 0.3 is 5.69 Å². The van der Waals surface area contributed by atoms with Crippen molar-refractivity contribution in [2.75, 3.05) is 0 Å². The summed E-state index contributed by atoms with van der Waals surface area (Å²) in [4.78, 5) is 15.5. The van der Waals surface area contributed by atoms with E-state index >= 15 is 0 Å². The molecule has 0 aliphatic heterocycles. The lowest BCUT2D eigenvalue weighted by Gasteiger charge is -2.13. The van der Waals surface area contributed by atoms with E-state index in [0.29, 0.717) is 5.54 Å². The van der Waals surface area contributed by atoms with Crippen LogP contribution in [0.5, 0.6) is 0 Å². The Balaban J connectivity index is 1.83. The van der Waals surface area contributed by atoms with Crippen molar-refractivity contribution in [3.63, 3.8) is 0 Å². The lowest BCUT2D eigenvalue weighted by atomic mass is 10.2. The SMILES string of the molecule is CCC1(NSc2ccc3c(c2)[nH]c(=O)n3C)CC1. The van der Waals surface area contributed by atoms with Gasteiger partial charge in [-0.25, -0.2) is 4.79 Å². The highest BCUT2D eigenvalue weighted by atomic mass is 32.2. The van der Waals surface area contributed by atoms with Gasteiger partial charge in [0.05, 0.1) is 11.0 Å². The normalized spacial score (nSPS) is 17.2. The van der Waals surface area contributed by atoms with Crippen LogP contribution in [0, 0.1) is 0 Å². The Bertz CT molecular complexity index is 639. The highest BCUT2D eigenvalue weighted by molar-refractivity contribution is 7.97. The standard InChI is InChI=1S/C13H17N3OS/c1-3-13(6-7-13)15-18-9-4-5-11-10(8-9)14-12(17)16(11)2/h4-5,8,15H,3,6-7H2,1-2H3,(H,14,17). The van der Waals surface area contributed by atoms with Gasteiger partial charge in [-0.3, -0.25) is 9.29 Å². The maximum absolute atomic E-state index is 11.5. The molecule has 1 fully saturated rings. The molecule has 5 heteroatoms. The Morgan fingerprint density at radius 3 is 2.94 bits per heavy atom. The molecule has 1 aliphatic rings. The van der Waals surface area contributed by atoms with E-state index in [9.17, 15) is 4.79 Å². The van der Waals surface area contributed by atoms with E-state index in [1.807, 2.05) is 12.1 Å². The maximum atomic E-state index is 11.5. The van der Waals surface area contributed by atoms with E-state index < -0.39 is 0 Å². The predicted octanol–water partition coefficient (Wildman–Crippen LogP) is 2.41. The lowest BCUT2D eigenvalue weighted by Crippen LogP contribution is -2.23. The van der Waals surface area contributed by atoms with Crippen molar-refractivity contribution in [3.8, 4) is 0 Å². The molecule has 18 heavy (non-hydrogen) atoms. The van der Waals surface area contributed by atoms with Gasteiger partial charge in [0.2, 0.25) is 0 Å². The smallest absolute Gasteiger partial charge is 0.306 e. The summed E-state index contributed by atoms with van der Waals surface area (Å²) in [5.41, 5.74) is 2.13. The third kappa shape index (κ3) is 1.97. The van der Waals surface area contributed by atoms with Crippen LogP contribution in [-0.2, 0) is 7.05 Å². The summed E-state index contributed by atoms with van der Waals surface area (Å²) in [7, 11) is 1.78. The van der Waals surface area contributed by atoms with Gasteiger partial charge < -0.3 is 4.98 Å². The molecule has 96 valence electrons. The van der Waals surface area contributed by atoms with Crippen LogP contribution in [0.3, 0.4) is 0 Å². The number of hydrogen-bond acceptors (Lipinski definition) is 3. The van der Waals surface area contributed by atoms with E-state index in [1.54, 1.807) is 23.6 Å². The van der Waals surface area contributed by atoms with E-state index in [1.165, 1.54) is 19.3 Å². The number of imidazole rings is 1. The summed E-state index contributed by atoms with van der Waals surface area (Å²) < 4.78 is 5.17. The molecule has 0 spiro atoms. The molecule has 2 aromatic rings. The van der Waals surface area contributed by atoms with Crippen LogP contribution in [0.25, 0.3) is 11.0 Å². The fourth-order valence-electron chi connectivity index (χ4n) is 2.13. The molecule has 1 aromatic carbocycles. The number of H-pyrrole nitrogens is 1. The van der Waals surface area contributed by atoms with Gasteiger partial charge in [0.1, 0.15) is 0 Å². The number of aryl methyl sites for hydroxylation is 1. The summed E-state index contributed by atoms with van der Waals surface area (Å²) in [6, 6.07) is 6.07. The molecular weight excluding hydrogens is 246 g/mol. The monoisotopic (exact) mass is 263 g/mol. The van der Waals surface area contributed by atoms with Crippen LogP contribution in [0.4, 0.5) is 0 Å². The molecule has 1 heterocycles. The number of benzene rings is 1. The van der Waals surface area contributed by atoms with Gasteiger partial charge in [0.15, 0.2) is 0 Å². The van der Waals surface area contributed by atoms with E-state index in [0.717, 1.165) is 15.9 Å². The van der Waals surface area contributed by atoms with Crippen molar-refractivity contribution in [2.45, 2.75) is 36.6 Å². The van der Waals surface area contributed by atoms with Crippen LogP contribution < -0.4 is 10.4 Å². The van der Waals surface area contributed by atoms with Gasteiger partial charge in [-0.15, -0.1) is 0 Å². The van der Waals surface area contributed by atoms with E-state index in [2.05, 4.69) is 22.7 Å². The van der Waals surface area contributed by atoms with Crippen molar-refractivity contribution in [3.05, 3.63) is 28.7 Å². The second kappa shape index (κ2) is 4.17. The zero-order chi connectivity index (χ0) is 12.8. The van der Waals surface area contributed by atoms with Crippen LogP contribution >= 0.6 is 11.9 Å². The number of aromatic nitrogens is 2. The topological polar surface area (TPSA) is 49.8 Å². The molecule has 1 aliphatic carbocycles. The molecule has 1 aromatic heterocycles. The van der Waals surface area contributed by atoms with Crippen LogP contribution in [0.1, 0.15) is 26.2 Å². The number of hydrogen-bond donors (Lipinski definition) is 2. The number of nitrogens with one attached hydrogen (secondary N) is 2. The van der Waals surface area contributed by atoms with Crippen molar-refractivity contribution in [1.29, 1.82) is 0 Å². The van der Waals surface area contributed by atoms with Gasteiger partial charge in [0, 0.05) is 17.5 Å². The third-order valence-corrected chi connectivity index (χ3v) is 4.82. The molecular formula is C13H17N3OS. The van der Waals surface area contributed by atoms with Crippen molar-refractivity contribution < 1.29 is 0 Å². The first kappa shape index (κ1) is 11.9. The number of aromatic amines is 1. The molecule has 0 amide bonds. The van der Waals surface area contributed by atoms with Gasteiger partial charge in [-0.1, -0.05) is 6.92 Å². The highest BCUT2D eigenvalue weighted by Gasteiger charge is 2.40. The Labute approximate surface area is 110 Å². The fourth-order valence-corrected chi connectivity index (χ4v) is 3.12. The predicted molar refractivity (Wildman–Crippen MR) is 74.8 cm³/mol. The van der Waals surface area contributed by atoms with Gasteiger partial charge in [-0.05, 0) is 49.4 Å². The molecule has 0 unspecified atom stereocenters. The number of nitrogens with zero attached hydrogens (tertiary/aromatic N) is 1. The first-order valence-electron chi connectivity index (χ1n) is 6.26. The van der Waals surface area contributed by atoms with Crippen molar-refractivity contribution in [2.24, 2.45) is 7.05 Å². The molecule has 0 radical (unpaired) electrons. The summed E-state index contributed by atoms with van der Waals surface area (Å²) in [6.45, 7) is 2.22. The fraction of sp³-hybridized carbons (Fsp3) is 0.462. The first-order valence-corrected chi connectivity index (χ1v) is 7.08. The summed E-state index contributed by atoms with van der Waals surface area (Å²) in [6.07, 6.45) is 3.70.